The fraction of sp³-hybridized carbons (Fsp3) is 0.379. The summed E-state index contributed by atoms with van der Waals surface area (Å²) >= 11 is 1.61. The monoisotopic (exact) mass is 489 g/mol. The maximum atomic E-state index is 13.7. The van der Waals surface area contributed by atoms with Gasteiger partial charge in [0.15, 0.2) is 0 Å². The highest BCUT2D eigenvalue weighted by Gasteiger charge is 2.44. The van der Waals surface area contributed by atoms with Gasteiger partial charge in [-0.1, -0.05) is 68.4 Å². The fourth-order valence-corrected chi connectivity index (χ4v) is 5.76. The van der Waals surface area contributed by atoms with E-state index < -0.39 is 5.92 Å². The van der Waals surface area contributed by atoms with Crippen molar-refractivity contribution in [2.75, 3.05) is 26.7 Å². The third-order valence-electron chi connectivity index (χ3n) is 6.43. The van der Waals surface area contributed by atoms with Crippen LogP contribution in [-0.2, 0) is 11.3 Å². The van der Waals surface area contributed by atoms with Crippen molar-refractivity contribution in [3.8, 4) is 0 Å². The molecule has 5 nitrogen and oxygen atoms in total. The number of hydrogen-bond donors (Lipinski definition) is 1. The number of rotatable bonds is 10. The van der Waals surface area contributed by atoms with Crippen LogP contribution in [0, 0.1) is 5.92 Å². The minimum absolute atomic E-state index is 0.0113. The number of thiophene rings is 1. The Morgan fingerprint density at radius 1 is 1.06 bits per heavy atom. The number of nitrogens with one attached hydrogen (secondary N) is 1. The first-order chi connectivity index (χ1) is 17.0. The summed E-state index contributed by atoms with van der Waals surface area (Å²) in [4.78, 5) is 32.4. The third kappa shape index (κ3) is 6.00. The van der Waals surface area contributed by atoms with E-state index in [1.54, 1.807) is 11.3 Å². The second kappa shape index (κ2) is 11.6. The zero-order valence-corrected chi connectivity index (χ0v) is 21.6. The third-order valence-corrected chi connectivity index (χ3v) is 7.37. The van der Waals surface area contributed by atoms with E-state index in [9.17, 15) is 9.59 Å². The van der Waals surface area contributed by atoms with Crippen LogP contribution in [0.3, 0.4) is 0 Å². The van der Waals surface area contributed by atoms with Crippen LogP contribution >= 0.6 is 11.3 Å². The van der Waals surface area contributed by atoms with Gasteiger partial charge in [0, 0.05) is 30.1 Å². The van der Waals surface area contributed by atoms with Gasteiger partial charge in [-0.25, -0.2) is 0 Å². The molecule has 184 valence electrons. The van der Waals surface area contributed by atoms with Crippen molar-refractivity contribution < 1.29 is 9.59 Å². The molecule has 0 saturated heterocycles. The highest BCUT2D eigenvalue weighted by atomic mass is 32.1. The van der Waals surface area contributed by atoms with Crippen molar-refractivity contribution in [1.82, 2.24) is 15.1 Å². The zero-order chi connectivity index (χ0) is 24.8. The molecule has 1 aromatic heterocycles. The van der Waals surface area contributed by atoms with Crippen molar-refractivity contribution in [1.29, 1.82) is 0 Å². The Morgan fingerprint density at radius 3 is 2.51 bits per heavy atom. The van der Waals surface area contributed by atoms with Gasteiger partial charge in [0.2, 0.25) is 5.91 Å². The van der Waals surface area contributed by atoms with Crippen LogP contribution in [0.2, 0.25) is 0 Å². The van der Waals surface area contributed by atoms with Crippen LogP contribution in [0.1, 0.15) is 58.6 Å². The number of amides is 2. The van der Waals surface area contributed by atoms with Gasteiger partial charge >= 0.3 is 0 Å². The highest BCUT2D eigenvalue weighted by Crippen LogP contribution is 2.44. The normalized spacial score (nSPS) is 17.6. The number of carbonyl (C=O) groups is 2. The van der Waals surface area contributed by atoms with Crippen molar-refractivity contribution in [2.45, 2.75) is 38.8 Å². The first-order valence-electron chi connectivity index (χ1n) is 12.4. The summed E-state index contributed by atoms with van der Waals surface area (Å²) in [7, 11) is 2.11. The first-order valence-corrected chi connectivity index (χ1v) is 13.3. The van der Waals surface area contributed by atoms with Gasteiger partial charge in [0.1, 0.15) is 0 Å². The maximum Gasteiger partial charge on any atom is 0.254 e. The van der Waals surface area contributed by atoms with Gasteiger partial charge in [0.05, 0.1) is 12.0 Å². The molecule has 2 aromatic carbocycles. The van der Waals surface area contributed by atoms with E-state index in [-0.39, 0.29) is 17.9 Å². The van der Waals surface area contributed by atoms with Gasteiger partial charge in [-0.3, -0.25) is 9.59 Å². The smallest absolute Gasteiger partial charge is 0.254 e. The highest BCUT2D eigenvalue weighted by molar-refractivity contribution is 7.10. The van der Waals surface area contributed by atoms with E-state index in [1.165, 1.54) is 5.56 Å². The van der Waals surface area contributed by atoms with E-state index in [0.717, 1.165) is 30.0 Å². The molecule has 0 spiro atoms. The number of fused-ring (bicyclic) bond motifs is 1. The van der Waals surface area contributed by atoms with Gasteiger partial charge < -0.3 is 15.1 Å². The van der Waals surface area contributed by atoms with E-state index in [4.69, 9.17) is 0 Å². The van der Waals surface area contributed by atoms with Gasteiger partial charge in [-0.2, -0.15) is 0 Å². The molecule has 0 aliphatic carbocycles. The molecule has 4 rings (SSSR count). The van der Waals surface area contributed by atoms with Gasteiger partial charge in [-0.15, -0.1) is 11.3 Å². The number of hydrogen-bond acceptors (Lipinski definition) is 4. The van der Waals surface area contributed by atoms with Crippen LogP contribution in [0.15, 0.2) is 72.1 Å². The molecule has 0 saturated carbocycles. The molecule has 0 fully saturated rings. The molecule has 3 aromatic rings. The Bertz CT molecular complexity index is 1110. The average Bonchev–Trinajstić information content (AvgIpc) is 3.38. The quantitative estimate of drug-likeness (QED) is 0.392. The summed E-state index contributed by atoms with van der Waals surface area (Å²) in [5.74, 6) is -0.124. The molecule has 1 aliphatic rings. The molecule has 0 radical (unpaired) electrons. The Labute approximate surface area is 212 Å². The summed E-state index contributed by atoms with van der Waals surface area (Å²) < 4.78 is 0. The Morgan fingerprint density at radius 2 is 1.80 bits per heavy atom. The summed E-state index contributed by atoms with van der Waals surface area (Å²) in [6.45, 7) is 7.22. The summed E-state index contributed by atoms with van der Waals surface area (Å²) in [5.41, 5.74) is 2.75. The summed E-state index contributed by atoms with van der Waals surface area (Å²) in [6.07, 6.45) is 0.863. The summed E-state index contributed by atoms with van der Waals surface area (Å²) in [5, 5.41) is 5.21. The van der Waals surface area contributed by atoms with E-state index in [2.05, 4.69) is 55.4 Å². The standard InChI is InChI=1S/C29H35N3O2S/c1-21(2)19-32-27(25-15-9-18-35-25)26(23-13-7-8-14-24(23)29(32)34)28(33)30-16-10-17-31(3)20-22-11-5-4-6-12-22/h4-9,11-15,18,21,26-27H,10,16-17,19-20H2,1-3H3,(H,30,33)/t26-,27-/m0/s1. The van der Waals surface area contributed by atoms with Crippen molar-refractivity contribution in [3.63, 3.8) is 0 Å². The lowest BCUT2D eigenvalue weighted by molar-refractivity contribution is -0.124. The lowest BCUT2D eigenvalue weighted by atomic mass is 9.81. The van der Waals surface area contributed by atoms with E-state index in [0.29, 0.717) is 24.6 Å². The second-order valence-electron chi connectivity index (χ2n) is 9.74. The SMILES string of the molecule is CC(C)CN1C(=O)c2ccccc2[C@H](C(=O)NCCCN(C)Cc2ccccc2)[C@@H]1c1cccs1. The number of carbonyl (C=O) groups excluding carboxylic acids is 2. The van der Waals surface area contributed by atoms with Crippen molar-refractivity contribution >= 4 is 23.2 Å². The minimum Gasteiger partial charge on any atom is -0.355 e. The lowest BCUT2D eigenvalue weighted by Crippen LogP contribution is -2.48. The van der Waals surface area contributed by atoms with E-state index in [1.807, 2.05) is 52.7 Å². The predicted octanol–water partition coefficient (Wildman–Crippen LogP) is 5.32. The van der Waals surface area contributed by atoms with Crippen molar-refractivity contribution in [2.24, 2.45) is 5.92 Å². The molecular formula is C29H35N3O2S. The predicted molar refractivity (Wildman–Crippen MR) is 143 cm³/mol. The lowest BCUT2D eigenvalue weighted by Gasteiger charge is -2.42. The van der Waals surface area contributed by atoms with E-state index >= 15 is 0 Å². The van der Waals surface area contributed by atoms with Gasteiger partial charge in [0.25, 0.3) is 5.91 Å². The average molecular weight is 490 g/mol. The number of nitrogens with zero attached hydrogens (tertiary/aromatic N) is 2. The molecule has 0 bridgehead atoms. The molecule has 0 unspecified atom stereocenters. The molecule has 1 N–H and O–H groups in total. The van der Waals surface area contributed by atoms with Crippen LogP contribution in [-0.4, -0.2) is 48.3 Å². The first kappa shape index (κ1) is 25.1. The van der Waals surface area contributed by atoms with Crippen LogP contribution in [0.4, 0.5) is 0 Å². The topological polar surface area (TPSA) is 52.7 Å². The Hall–Kier alpha value is -2.96. The van der Waals surface area contributed by atoms with Crippen LogP contribution < -0.4 is 5.32 Å². The molecule has 6 heteroatoms. The fourth-order valence-electron chi connectivity index (χ4n) is 4.89. The minimum atomic E-state index is -0.427. The number of benzene rings is 2. The molecule has 1 aliphatic heterocycles. The molecular weight excluding hydrogens is 454 g/mol. The molecule has 2 atom stereocenters. The molecule has 35 heavy (non-hydrogen) atoms. The van der Waals surface area contributed by atoms with Crippen molar-refractivity contribution in [3.05, 3.63) is 93.7 Å². The summed E-state index contributed by atoms with van der Waals surface area (Å²) in [6, 6.07) is 21.8. The molecule has 2 amide bonds. The zero-order valence-electron chi connectivity index (χ0n) is 20.8. The van der Waals surface area contributed by atoms with Gasteiger partial charge in [-0.05, 0) is 54.6 Å². The Kier molecular flexibility index (Phi) is 8.37. The molecule has 2 heterocycles. The Balaban J connectivity index is 1.48. The van der Waals surface area contributed by atoms with Crippen LogP contribution in [0.5, 0.6) is 0 Å². The van der Waals surface area contributed by atoms with Crippen LogP contribution in [0.25, 0.3) is 0 Å². The largest absolute Gasteiger partial charge is 0.355 e. The second-order valence-corrected chi connectivity index (χ2v) is 10.7. The maximum absolute atomic E-state index is 13.7.